The highest BCUT2D eigenvalue weighted by Crippen LogP contribution is 2.29. The lowest BCUT2D eigenvalue weighted by molar-refractivity contribution is 0.0443. The van der Waals surface area contributed by atoms with Crippen molar-refractivity contribution >= 4 is 16.8 Å². The van der Waals surface area contributed by atoms with Gasteiger partial charge in [0.2, 0.25) is 0 Å². The first-order chi connectivity index (χ1) is 18.3. The summed E-state index contributed by atoms with van der Waals surface area (Å²) in [7, 11) is 3.81. The summed E-state index contributed by atoms with van der Waals surface area (Å²) in [6.07, 6.45) is 8.74. The molecule has 0 aliphatic carbocycles. The number of carbonyl (C=O) groups excluding carboxylic acids is 1. The zero-order valence-electron chi connectivity index (χ0n) is 22.2. The van der Waals surface area contributed by atoms with Crippen LogP contribution in [0.3, 0.4) is 0 Å². The Bertz CT molecular complexity index is 1600. The topological polar surface area (TPSA) is 99.7 Å². The van der Waals surface area contributed by atoms with Gasteiger partial charge in [0.25, 0.3) is 5.91 Å². The van der Waals surface area contributed by atoms with Crippen molar-refractivity contribution in [3.63, 3.8) is 0 Å². The molecule has 194 valence electrons. The number of hydrogen-bond acceptors (Lipinski definition) is 6. The fraction of sp³-hybridized carbons (Fsp3) is 0.276. The first-order valence-electron chi connectivity index (χ1n) is 12.5. The van der Waals surface area contributed by atoms with Gasteiger partial charge in [-0.2, -0.15) is 5.10 Å². The maximum atomic E-state index is 13.3. The van der Waals surface area contributed by atoms with Crippen molar-refractivity contribution in [2.24, 2.45) is 14.1 Å². The Labute approximate surface area is 221 Å². The van der Waals surface area contributed by atoms with E-state index < -0.39 is 0 Å². The summed E-state index contributed by atoms with van der Waals surface area (Å²) >= 11 is 0. The number of benzene rings is 1. The number of hydrogen-bond donors (Lipinski definition) is 1. The minimum absolute atomic E-state index is 0.181. The molecule has 0 saturated heterocycles. The van der Waals surface area contributed by atoms with Crippen molar-refractivity contribution in [3.05, 3.63) is 95.6 Å². The average molecular weight is 510 g/mol. The third-order valence-electron chi connectivity index (χ3n) is 6.74. The van der Waals surface area contributed by atoms with E-state index in [-0.39, 0.29) is 18.1 Å². The van der Waals surface area contributed by atoms with Crippen molar-refractivity contribution < 1.29 is 9.53 Å². The molecule has 5 rings (SSSR count). The predicted octanol–water partition coefficient (Wildman–Crippen LogP) is 4.84. The van der Waals surface area contributed by atoms with Crippen LogP contribution in [-0.2, 0) is 25.4 Å². The summed E-state index contributed by atoms with van der Waals surface area (Å²) in [5.41, 5.74) is 5.73. The van der Waals surface area contributed by atoms with Crippen LogP contribution in [0, 0.1) is 6.92 Å². The molecule has 1 aromatic carbocycles. The van der Waals surface area contributed by atoms with Crippen LogP contribution >= 0.6 is 0 Å². The van der Waals surface area contributed by atoms with Gasteiger partial charge >= 0.3 is 0 Å². The van der Waals surface area contributed by atoms with Crippen LogP contribution < -0.4 is 5.32 Å². The van der Waals surface area contributed by atoms with E-state index in [4.69, 9.17) is 9.72 Å². The fourth-order valence-corrected chi connectivity index (χ4v) is 4.47. The molecule has 0 aliphatic heterocycles. The van der Waals surface area contributed by atoms with E-state index in [1.807, 2.05) is 88.2 Å². The van der Waals surface area contributed by atoms with Gasteiger partial charge in [0, 0.05) is 49.8 Å². The average Bonchev–Trinajstić information content (AvgIpc) is 3.53. The Morgan fingerprint density at radius 1 is 1.11 bits per heavy atom. The van der Waals surface area contributed by atoms with Crippen LogP contribution in [0.25, 0.3) is 22.2 Å². The summed E-state index contributed by atoms with van der Waals surface area (Å²) in [4.78, 5) is 27.0. The molecule has 0 radical (unpaired) electrons. The lowest BCUT2D eigenvalue weighted by Crippen LogP contribution is -2.28. The fourth-order valence-electron chi connectivity index (χ4n) is 4.47. The van der Waals surface area contributed by atoms with Gasteiger partial charge in [-0.1, -0.05) is 18.2 Å². The molecule has 2 atom stereocenters. The highest BCUT2D eigenvalue weighted by Gasteiger charge is 2.19. The van der Waals surface area contributed by atoms with Gasteiger partial charge in [-0.05, 0) is 50.1 Å². The predicted molar refractivity (Wildman–Crippen MR) is 145 cm³/mol. The zero-order chi connectivity index (χ0) is 26.8. The van der Waals surface area contributed by atoms with Gasteiger partial charge in [-0.25, -0.2) is 9.97 Å². The Balaban J connectivity index is 1.34. The van der Waals surface area contributed by atoms with Crippen molar-refractivity contribution in [3.8, 4) is 11.3 Å². The maximum Gasteiger partial charge on any atom is 0.253 e. The molecule has 4 aromatic heterocycles. The molecule has 0 saturated carbocycles. The molecule has 0 fully saturated rings. The number of aryl methyl sites for hydroxylation is 3. The number of carbonyl (C=O) groups is 1. The number of aromatic nitrogens is 6. The van der Waals surface area contributed by atoms with E-state index in [9.17, 15) is 4.79 Å². The van der Waals surface area contributed by atoms with Crippen LogP contribution in [0.15, 0.2) is 67.4 Å². The Morgan fingerprint density at radius 3 is 2.63 bits per heavy atom. The lowest BCUT2D eigenvalue weighted by Gasteiger charge is -2.19. The first kappa shape index (κ1) is 25.3. The number of fused-ring (bicyclic) bond motifs is 1. The number of nitrogens with one attached hydrogen (secondary N) is 1. The number of imidazole rings is 1. The largest absolute Gasteiger partial charge is 0.364 e. The van der Waals surface area contributed by atoms with Crippen LogP contribution in [0.4, 0.5) is 0 Å². The van der Waals surface area contributed by atoms with E-state index in [1.165, 1.54) is 0 Å². The summed E-state index contributed by atoms with van der Waals surface area (Å²) in [6, 6.07) is 11.6. The van der Waals surface area contributed by atoms with E-state index in [2.05, 4.69) is 20.4 Å². The summed E-state index contributed by atoms with van der Waals surface area (Å²) < 4.78 is 9.64. The number of rotatable bonds is 8. The highest BCUT2D eigenvalue weighted by atomic mass is 16.5. The minimum Gasteiger partial charge on any atom is -0.364 e. The number of pyridine rings is 2. The highest BCUT2D eigenvalue weighted by molar-refractivity contribution is 5.96. The second-order valence-corrected chi connectivity index (χ2v) is 9.54. The Kier molecular flexibility index (Phi) is 7.02. The Morgan fingerprint density at radius 2 is 1.92 bits per heavy atom. The molecule has 5 aromatic rings. The first-order valence-corrected chi connectivity index (χ1v) is 12.5. The van der Waals surface area contributed by atoms with Gasteiger partial charge < -0.3 is 14.6 Å². The van der Waals surface area contributed by atoms with Crippen molar-refractivity contribution in [1.29, 1.82) is 0 Å². The standard InChI is InChI=1S/C29H31N7O2/c1-18-12-26(20(3)38-17-28-30-10-11-35(28)4)31-15-24(18)29(37)33-19(2)23-13-27(21-14-32-36(5)16-21)34-25-9-7-6-8-22(23)25/h6-16,19-20H,17H2,1-5H3,(H,33,37)/t19-,20?/m1/s1. The molecular formula is C29H31N7O2. The van der Waals surface area contributed by atoms with E-state index >= 15 is 0 Å². The van der Waals surface area contributed by atoms with Crippen molar-refractivity contribution in [1.82, 2.24) is 34.6 Å². The van der Waals surface area contributed by atoms with Gasteiger partial charge in [-0.3, -0.25) is 14.5 Å². The summed E-state index contributed by atoms with van der Waals surface area (Å²) in [6.45, 7) is 6.23. The quantitative estimate of drug-likeness (QED) is 0.321. The maximum absolute atomic E-state index is 13.3. The molecule has 1 amide bonds. The van der Waals surface area contributed by atoms with E-state index in [0.29, 0.717) is 12.2 Å². The second-order valence-electron chi connectivity index (χ2n) is 9.54. The summed E-state index contributed by atoms with van der Waals surface area (Å²) in [5.74, 6) is 0.660. The van der Waals surface area contributed by atoms with Gasteiger partial charge in [0.05, 0.1) is 40.8 Å². The minimum atomic E-state index is -0.259. The normalized spacial score (nSPS) is 13.0. The molecule has 9 heteroatoms. The molecular weight excluding hydrogens is 478 g/mol. The van der Waals surface area contributed by atoms with Crippen LogP contribution in [-0.4, -0.2) is 35.2 Å². The van der Waals surface area contributed by atoms with Gasteiger partial charge in [-0.15, -0.1) is 0 Å². The summed E-state index contributed by atoms with van der Waals surface area (Å²) in [5, 5.41) is 8.44. The van der Waals surface area contributed by atoms with E-state index in [1.54, 1.807) is 23.3 Å². The van der Waals surface area contributed by atoms with E-state index in [0.717, 1.165) is 44.8 Å². The molecule has 0 aliphatic rings. The smallest absolute Gasteiger partial charge is 0.253 e. The number of amides is 1. The SMILES string of the molecule is Cc1cc(C(C)OCc2nccn2C)ncc1C(=O)N[C@H](C)c1cc(-c2cnn(C)c2)nc2ccccc12. The Hall–Kier alpha value is -4.37. The number of ether oxygens (including phenoxy) is 1. The molecule has 4 heterocycles. The van der Waals surface area contributed by atoms with Crippen LogP contribution in [0.1, 0.15) is 59.0 Å². The lowest BCUT2D eigenvalue weighted by atomic mass is 9.99. The zero-order valence-corrected chi connectivity index (χ0v) is 22.2. The van der Waals surface area contributed by atoms with Crippen molar-refractivity contribution in [2.75, 3.05) is 0 Å². The second kappa shape index (κ2) is 10.5. The van der Waals surface area contributed by atoms with Crippen LogP contribution in [0.5, 0.6) is 0 Å². The number of nitrogens with zero attached hydrogens (tertiary/aromatic N) is 6. The van der Waals surface area contributed by atoms with Crippen molar-refractivity contribution in [2.45, 2.75) is 39.5 Å². The molecule has 1 unspecified atom stereocenters. The molecule has 1 N–H and O–H groups in total. The van der Waals surface area contributed by atoms with Gasteiger partial charge in [0.1, 0.15) is 12.4 Å². The third-order valence-corrected chi connectivity index (χ3v) is 6.74. The molecule has 0 spiro atoms. The molecule has 0 bridgehead atoms. The molecule has 38 heavy (non-hydrogen) atoms. The van der Waals surface area contributed by atoms with Gasteiger partial charge in [0.15, 0.2) is 0 Å². The third kappa shape index (κ3) is 5.19. The van der Waals surface area contributed by atoms with Crippen LogP contribution in [0.2, 0.25) is 0 Å². The monoisotopic (exact) mass is 509 g/mol. The number of para-hydroxylation sites is 1. The molecule has 9 nitrogen and oxygen atoms in total.